The first-order valence-corrected chi connectivity index (χ1v) is 6.18. The predicted octanol–water partition coefficient (Wildman–Crippen LogP) is 2.71. The summed E-state index contributed by atoms with van der Waals surface area (Å²) in [6.45, 7) is 7.71. The molecule has 19 heavy (non-hydrogen) atoms. The van der Waals surface area contributed by atoms with E-state index < -0.39 is 5.97 Å². The second-order valence-electron chi connectivity index (χ2n) is 4.84. The number of carboxylic acids is 1. The summed E-state index contributed by atoms with van der Waals surface area (Å²) in [4.78, 5) is 15.6. The van der Waals surface area contributed by atoms with Crippen LogP contribution >= 0.6 is 0 Å². The fourth-order valence-electron chi connectivity index (χ4n) is 1.97. The molecule has 2 rings (SSSR count). The van der Waals surface area contributed by atoms with Crippen molar-refractivity contribution in [2.45, 2.75) is 33.6 Å². The molecular weight excluding hydrogens is 242 g/mol. The lowest BCUT2D eigenvalue weighted by Gasteiger charge is -2.09. The van der Waals surface area contributed by atoms with Crippen LogP contribution in [0.1, 0.15) is 47.3 Å². The molecule has 1 N–H and O–H groups in total. The highest BCUT2D eigenvalue weighted by Gasteiger charge is 2.15. The van der Waals surface area contributed by atoms with Crippen LogP contribution in [-0.2, 0) is 0 Å². The molecule has 0 spiro atoms. The van der Waals surface area contributed by atoms with Gasteiger partial charge in [-0.2, -0.15) is 5.10 Å². The van der Waals surface area contributed by atoms with E-state index in [0.29, 0.717) is 11.1 Å². The Labute approximate surface area is 111 Å². The number of benzene rings is 1. The standard InChI is InChI=1S/C14H17N3O2/c1-8(2)13-15-10(4)17(16-13)12-7-5-6-11(9(12)3)14(18)19/h5-8H,1-4H3,(H,18,19). The van der Waals surface area contributed by atoms with Gasteiger partial charge >= 0.3 is 5.97 Å². The van der Waals surface area contributed by atoms with Crippen LogP contribution in [0.4, 0.5) is 0 Å². The molecule has 0 saturated heterocycles. The van der Waals surface area contributed by atoms with E-state index in [2.05, 4.69) is 10.1 Å². The maximum atomic E-state index is 11.2. The van der Waals surface area contributed by atoms with Gasteiger partial charge in [-0.1, -0.05) is 19.9 Å². The number of aryl methyl sites for hydroxylation is 1. The molecule has 5 heteroatoms. The molecule has 0 aliphatic carbocycles. The number of nitrogens with zero attached hydrogens (tertiary/aromatic N) is 3. The monoisotopic (exact) mass is 259 g/mol. The average Bonchev–Trinajstić information content (AvgIpc) is 2.71. The lowest BCUT2D eigenvalue weighted by molar-refractivity contribution is 0.0696. The van der Waals surface area contributed by atoms with Gasteiger partial charge in [-0.05, 0) is 31.5 Å². The van der Waals surface area contributed by atoms with E-state index in [1.54, 1.807) is 23.7 Å². The smallest absolute Gasteiger partial charge is 0.336 e. The van der Waals surface area contributed by atoms with Gasteiger partial charge in [0.1, 0.15) is 5.82 Å². The molecule has 1 heterocycles. The van der Waals surface area contributed by atoms with Crippen LogP contribution < -0.4 is 0 Å². The van der Waals surface area contributed by atoms with Crippen LogP contribution in [0.5, 0.6) is 0 Å². The van der Waals surface area contributed by atoms with Crippen LogP contribution in [-0.4, -0.2) is 25.8 Å². The molecule has 0 amide bonds. The molecule has 0 unspecified atom stereocenters. The van der Waals surface area contributed by atoms with Crippen molar-refractivity contribution in [2.75, 3.05) is 0 Å². The average molecular weight is 259 g/mol. The molecule has 0 saturated carbocycles. The van der Waals surface area contributed by atoms with Gasteiger partial charge in [0.05, 0.1) is 11.3 Å². The molecule has 1 aromatic carbocycles. The van der Waals surface area contributed by atoms with Crippen LogP contribution in [0.2, 0.25) is 0 Å². The Hall–Kier alpha value is -2.17. The van der Waals surface area contributed by atoms with Gasteiger partial charge in [0.25, 0.3) is 0 Å². The highest BCUT2D eigenvalue weighted by atomic mass is 16.4. The summed E-state index contributed by atoms with van der Waals surface area (Å²) in [5.74, 6) is 0.830. The Balaban J connectivity index is 2.59. The number of hydrogen-bond acceptors (Lipinski definition) is 3. The van der Waals surface area contributed by atoms with E-state index in [4.69, 9.17) is 5.11 Å². The Morgan fingerprint density at radius 1 is 1.32 bits per heavy atom. The quantitative estimate of drug-likeness (QED) is 0.920. The Bertz CT molecular complexity index is 630. The molecule has 0 aliphatic heterocycles. The zero-order valence-electron chi connectivity index (χ0n) is 11.5. The first-order valence-electron chi connectivity index (χ1n) is 6.18. The SMILES string of the molecule is Cc1c(C(=O)O)cccc1-n1nc(C(C)C)nc1C. The summed E-state index contributed by atoms with van der Waals surface area (Å²) in [6.07, 6.45) is 0. The van der Waals surface area contributed by atoms with Gasteiger partial charge in [0, 0.05) is 5.92 Å². The number of carbonyl (C=O) groups is 1. The van der Waals surface area contributed by atoms with E-state index in [-0.39, 0.29) is 5.92 Å². The van der Waals surface area contributed by atoms with Gasteiger partial charge in [-0.15, -0.1) is 0 Å². The van der Waals surface area contributed by atoms with Crippen LogP contribution in [0.25, 0.3) is 5.69 Å². The zero-order valence-corrected chi connectivity index (χ0v) is 11.5. The molecule has 5 nitrogen and oxygen atoms in total. The Morgan fingerprint density at radius 3 is 2.53 bits per heavy atom. The van der Waals surface area contributed by atoms with Gasteiger partial charge in [0.2, 0.25) is 0 Å². The molecule has 0 fully saturated rings. The predicted molar refractivity (Wildman–Crippen MR) is 71.9 cm³/mol. The Morgan fingerprint density at radius 2 is 2.00 bits per heavy atom. The van der Waals surface area contributed by atoms with E-state index in [9.17, 15) is 4.79 Å². The van der Waals surface area contributed by atoms with Crippen molar-refractivity contribution in [1.82, 2.24) is 14.8 Å². The molecule has 0 bridgehead atoms. The molecule has 0 radical (unpaired) electrons. The van der Waals surface area contributed by atoms with E-state index >= 15 is 0 Å². The minimum atomic E-state index is -0.929. The van der Waals surface area contributed by atoms with Gasteiger partial charge in [-0.3, -0.25) is 0 Å². The highest BCUT2D eigenvalue weighted by Crippen LogP contribution is 2.20. The van der Waals surface area contributed by atoms with Crippen molar-refractivity contribution in [2.24, 2.45) is 0 Å². The molecule has 100 valence electrons. The number of aromatic nitrogens is 3. The lowest BCUT2D eigenvalue weighted by atomic mass is 10.1. The summed E-state index contributed by atoms with van der Waals surface area (Å²) in [6, 6.07) is 5.17. The molecular formula is C14H17N3O2. The number of carboxylic acid groups (broad SMARTS) is 1. The minimum Gasteiger partial charge on any atom is -0.478 e. The minimum absolute atomic E-state index is 0.239. The number of hydrogen-bond donors (Lipinski definition) is 1. The second kappa shape index (κ2) is 4.84. The summed E-state index contributed by atoms with van der Waals surface area (Å²) in [5.41, 5.74) is 1.74. The molecule has 0 aliphatic rings. The van der Waals surface area contributed by atoms with E-state index in [1.807, 2.05) is 26.8 Å². The zero-order chi connectivity index (χ0) is 14.2. The van der Waals surface area contributed by atoms with Crippen molar-refractivity contribution in [3.63, 3.8) is 0 Å². The van der Waals surface area contributed by atoms with E-state index in [1.165, 1.54) is 0 Å². The summed E-state index contributed by atoms with van der Waals surface area (Å²) in [7, 11) is 0. The summed E-state index contributed by atoms with van der Waals surface area (Å²) >= 11 is 0. The third-order valence-corrected chi connectivity index (χ3v) is 3.07. The van der Waals surface area contributed by atoms with Crippen molar-refractivity contribution in [1.29, 1.82) is 0 Å². The first kappa shape index (κ1) is 13.3. The third kappa shape index (κ3) is 2.36. The molecule has 1 aromatic heterocycles. The molecule has 0 atom stereocenters. The van der Waals surface area contributed by atoms with Crippen molar-refractivity contribution < 1.29 is 9.90 Å². The lowest BCUT2D eigenvalue weighted by Crippen LogP contribution is -2.07. The van der Waals surface area contributed by atoms with Gasteiger partial charge < -0.3 is 5.11 Å². The maximum Gasteiger partial charge on any atom is 0.336 e. The Kier molecular flexibility index (Phi) is 3.38. The number of aromatic carboxylic acids is 1. The van der Waals surface area contributed by atoms with Gasteiger partial charge in [-0.25, -0.2) is 14.5 Å². The van der Waals surface area contributed by atoms with Crippen LogP contribution in [0.15, 0.2) is 18.2 Å². The molecule has 2 aromatic rings. The summed E-state index contributed by atoms with van der Waals surface area (Å²) in [5, 5.41) is 13.6. The second-order valence-corrected chi connectivity index (χ2v) is 4.84. The first-order chi connectivity index (χ1) is 8.91. The third-order valence-electron chi connectivity index (χ3n) is 3.07. The summed E-state index contributed by atoms with van der Waals surface area (Å²) < 4.78 is 1.71. The normalized spacial score (nSPS) is 11.0. The fraction of sp³-hybridized carbons (Fsp3) is 0.357. The van der Waals surface area contributed by atoms with Crippen molar-refractivity contribution in [3.05, 3.63) is 41.0 Å². The van der Waals surface area contributed by atoms with Gasteiger partial charge in [0.15, 0.2) is 5.82 Å². The maximum absolute atomic E-state index is 11.2. The highest BCUT2D eigenvalue weighted by molar-refractivity contribution is 5.90. The largest absolute Gasteiger partial charge is 0.478 e. The number of rotatable bonds is 3. The van der Waals surface area contributed by atoms with E-state index in [0.717, 1.165) is 17.3 Å². The van der Waals surface area contributed by atoms with Crippen LogP contribution in [0.3, 0.4) is 0 Å². The topological polar surface area (TPSA) is 68.0 Å². The van der Waals surface area contributed by atoms with Crippen molar-refractivity contribution in [3.8, 4) is 5.69 Å². The van der Waals surface area contributed by atoms with Crippen molar-refractivity contribution >= 4 is 5.97 Å². The van der Waals surface area contributed by atoms with Crippen LogP contribution in [0, 0.1) is 13.8 Å². The fourth-order valence-corrected chi connectivity index (χ4v) is 1.97.